The predicted octanol–water partition coefficient (Wildman–Crippen LogP) is 1.59. The number of carboxylic acid groups (broad SMARTS) is 1. The van der Waals surface area contributed by atoms with Crippen molar-refractivity contribution in [2.75, 3.05) is 13.1 Å². The van der Waals surface area contributed by atoms with Crippen LogP contribution in [0.2, 0.25) is 0 Å². The molecule has 0 radical (unpaired) electrons. The largest absolute Gasteiger partial charge is 0.481 e. The predicted molar refractivity (Wildman–Crippen MR) is 65.4 cm³/mol. The van der Waals surface area contributed by atoms with Crippen molar-refractivity contribution in [2.45, 2.75) is 17.7 Å². The average molecular weight is 323 g/mol. The quantitative estimate of drug-likeness (QED) is 0.913. The standard InChI is InChI=1S/C12H12F3NO4S/c13-8-4-9(14)12(10(15)5-8)21(19,20)16-2-1-7(6-16)3-11(17)18/h4-5,7H,1-3,6H2,(H,17,18). The molecule has 1 aliphatic heterocycles. The van der Waals surface area contributed by atoms with E-state index in [2.05, 4.69) is 0 Å². The van der Waals surface area contributed by atoms with Crippen LogP contribution in [0, 0.1) is 23.4 Å². The fourth-order valence-corrected chi connectivity index (χ4v) is 3.96. The Kier molecular flexibility index (Phi) is 4.24. The van der Waals surface area contributed by atoms with Crippen molar-refractivity contribution >= 4 is 16.0 Å². The van der Waals surface area contributed by atoms with E-state index in [-0.39, 0.29) is 25.9 Å². The third kappa shape index (κ3) is 3.18. The lowest BCUT2D eigenvalue weighted by molar-refractivity contribution is -0.137. The summed E-state index contributed by atoms with van der Waals surface area (Å²) in [5.74, 6) is -5.71. The second-order valence-corrected chi connectivity index (χ2v) is 6.69. The van der Waals surface area contributed by atoms with Gasteiger partial charge in [-0.25, -0.2) is 21.6 Å². The maximum atomic E-state index is 13.6. The summed E-state index contributed by atoms with van der Waals surface area (Å²) < 4.78 is 65.2. The second-order valence-electron chi connectivity index (χ2n) is 4.81. The van der Waals surface area contributed by atoms with Gasteiger partial charge >= 0.3 is 5.97 Å². The molecule has 1 aromatic carbocycles. The molecule has 21 heavy (non-hydrogen) atoms. The van der Waals surface area contributed by atoms with Crippen molar-refractivity contribution in [3.63, 3.8) is 0 Å². The number of nitrogens with zero attached hydrogens (tertiary/aromatic N) is 1. The Morgan fingerprint density at radius 3 is 2.38 bits per heavy atom. The van der Waals surface area contributed by atoms with Crippen LogP contribution in [-0.4, -0.2) is 36.9 Å². The summed E-state index contributed by atoms with van der Waals surface area (Å²) in [6, 6.07) is 0.585. The third-order valence-corrected chi connectivity index (χ3v) is 5.19. The summed E-state index contributed by atoms with van der Waals surface area (Å²) in [5.41, 5.74) is 0. The van der Waals surface area contributed by atoms with Crippen LogP contribution in [-0.2, 0) is 14.8 Å². The summed E-state index contributed by atoms with van der Waals surface area (Å²) >= 11 is 0. The van der Waals surface area contributed by atoms with Gasteiger partial charge in [0.15, 0.2) is 4.90 Å². The highest BCUT2D eigenvalue weighted by Gasteiger charge is 2.37. The minimum absolute atomic E-state index is 0.0312. The number of hydrogen-bond acceptors (Lipinski definition) is 3. The molecule has 2 rings (SSSR count). The fourth-order valence-electron chi connectivity index (χ4n) is 2.33. The van der Waals surface area contributed by atoms with Crippen molar-refractivity contribution in [3.8, 4) is 0 Å². The molecule has 9 heteroatoms. The van der Waals surface area contributed by atoms with E-state index < -0.39 is 44.3 Å². The number of carbonyl (C=O) groups is 1. The van der Waals surface area contributed by atoms with Crippen LogP contribution in [0.1, 0.15) is 12.8 Å². The normalized spacial score (nSPS) is 19.9. The molecule has 0 spiro atoms. The van der Waals surface area contributed by atoms with Gasteiger partial charge in [-0.05, 0) is 12.3 Å². The molecule has 0 saturated carbocycles. The van der Waals surface area contributed by atoms with Crippen LogP contribution < -0.4 is 0 Å². The van der Waals surface area contributed by atoms with Gasteiger partial charge in [0.2, 0.25) is 10.0 Å². The number of aliphatic carboxylic acids is 1. The molecule has 0 amide bonds. The summed E-state index contributed by atoms with van der Waals surface area (Å²) in [4.78, 5) is 9.39. The first-order chi connectivity index (χ1) is 9.71. The third-order valence-electron chi connectivity index (χ3n) is 3.27. The summed E-state index contributed by atoms with van der Waals surface area (Å²) in [6.45, 7) is -0.165. The Morgan fingerprint density at radius 2 is 1.86 bits per heavy atom. The maximum absolute atomic E-state index is 13.6. The minimum Gasteiger partial charge on any atom is -0.481 e. The van der Waals surface area contributed by atoms with Crippen molar-refractivity contribution in [3.05, 3.63) is 29.6 Å². The molecular weight excluding hydrogens is 311 g/mol. The Balaban J connectivity index is 2.30. The van der Waals surface area contributed by atoms with Crippen LogP contribution in [0.15, 0.2) is 17.0 Å². The summed E-state index contributed by atoms with van der Waals surface area (Å²) in [5, 5.41) is 8.67. The first-order valence-corrected chi connectivity index (χ1v) is 7.52. The molecule has 1 unspecified atom stereocenters. The van der Waals surface area contributed by atoms with Gasteiger partial charge in [-0.1, -0.05) is 0 Å². The van der Waals surface area contributed by atoms with E-state index in [0.717, 1.165) is 4.31 Å². The molecule has 5 nitrogen and oxygen atoms in total. The smallest absolute Gasteiger partial charge is 0.303 e. The van der Waals surface area contributed by atoms with Gasteiger partial charge in [0.25, 0.3) is 0 Å². The topological polar surface area (TPSA) is 74.7 Å². The second kappa shape index (κ2) is 5.64. The molecule has 0 aromatic heterocycles. The van der Waals surface area contributed by atoms with Crippen LogP contribution >= 0.6 is 0 Å². The highest BCUT2D eigenvalue weighted by Crippen LogP contribution is 2.29. The maximum Gasteiger partial charge on any atom is 0.303 e. The number of halogens is 3. The van der Waals surface area contributed by atoms with Gasteiger partial charge in [0.1, 0.15) is 17.5 Å². The molecule has 1 heterocycles. The van der Waals surface area contributed by atoms with E-state index in [4.69, 9.17) is 5.11 Å². The fraction of sp³-hybridized carbons (Fsp3) is 0.417. The van der Waals surface area contributed by atoms with Crippen LogP contribution in [0.25, 0.3) is 0 Å². The van der Waals surface area contributed by atoms with E-state index in [1.165, 1.54) is 0 Å². The minimum atomic E-state index is -4.46. The van der Waals surface area contributed by atoms with Crippen molar-refractivity contribution in [1.82, 2.24) is 4.31 Å². The van der Waals surface area contributed by atoms with E-state index >= 15 is 0 Å². The van der Waals surface area contributed by atoms with Gasteiger partial charge in [0, 0.05) is 31.6 Å². The molecule has 1 atom stereocenters. The van der Waals surface area contributed by atoms with Gasteiger partial charge in [-0.3, -0.25) is 4.79 Å². The zero-order chi connectivity index (χ0) is 15.8. The molecule has 116 valence electrons. The van der Waals surface area contributed by atoms with Crippen LogP contribution in [0.3, 0.4) is 0 Å². The van der Waals surface area contributed by atoms with E-state index in [1.807, 2.05) is 0 Å². The number of hydrogen-bond donors (Lipinski definition) is 1. The van der Waals surface area contributed by atoms with E-state index in [9.17, 15) is 26.4 Å². The highest BCUT2D eigenvalue weighted by molar-refractivity contribution is 7.89. The first kappa shape index (κ1) is 15.8. The lowest BCUT2D eigenvalue weighted by atomic mass is 10.1. The number of sulfonamides is 1. The van der Waals surface area contributed by atoms with Crippen molar-refractivity contribution in [2.24, 2.45) is 5.92 Å². The molecule has 0 aliphatic carbocycles. The SMILES string of the molecule is O=C(O)CC1CCN(S(=O)(=O)c2c(F)cc(F)cc2F)C1. The van der Waals surface area contributed by atoms with Gasteiger partial charge in [-0.2, -0.15) is 4.31 Å². The zero-order valence-corrected chi connectivity index (χ0v) is 11.5. The molecular formula is C12H12F3NO4S. The molecule has 1 aromatic rings. The zero-order valence-electron chi connectivity index (χ0n) is 10.7. The number of benzene rings is 1. The average Bonchev–Trinajstić information content (AvgIpc) is 2.75. The van der Waals surface area contributed by atoms with Crippen LogP contribution in [0.4, 0.5) is 13.2 Å². The summed E-state index contributed by atoms with van der Waals surface area (Å²) in [7, 11) is -4.46. The van der Waals surface area contributed by atoms with E-state index in [1.54, 1.807) is 0 Å². The lowest BCUT2D eigenvalue weighted by Crippen LogP contribution is -2.30. The molecule has 1 saturated heterocycles. The van der Waals surface area contributed by atoms with Crippen molar-refractivity contribution in [1.29, 1.82) is 0 Å². The van der Waals surface area contributed by atoms with Crippen LogP contribution in [0.5, 0.6) is 0 Å². The van der Waals surface area contributed by atoms with Gasteiger partial charge in [-0.15, -0.1) is 0 Å². The Bertz CT molecular complexity index is 654. The lowest BCUT2D eigenvalue weighted by Gasteiger charge is -2.17. The Morgan fingerprint density at radius 1 is 1.29 bits per heavy atom. The molecule has 1 aliphatic rings. The molecule has 1 fully saturated rings. The van der Waals surface area contributed by atoms with Gasteiger partial charge < -0.3 is 5.11 Å². The first-order valence-electron chi connectivity index (χ1n) is 6.08. The van der Waals surface area contributed by atoms with E-state index in [0.29, 0.717) is 12.1 Å². The summed E-state index contributed by atoms with van der Waals surface area (Å²) in [6.07, 6.45) is 0.0658. The number of rotatable bonds is 4. The van der Waals surface area contributed by atoms with Crippen molar-refractivity contribution < 1.29 is 31.5 Å². The monoisotopic (exact) mass is 323 g/mol. The Hall–Kier alpha value is -1.61. The Labute approximate surface area is 119 Å². The van der Waals surface area contributed by atoms with Gasteiger partial charge in [0.05, 0.1) is 0 Å². The highest BCUT2D eigenvalue weighted by atomic mass is 32.2. The number of carboxylic acids is 1. The molecule has 1 N–H and O–H groups in total. The molecule has 0 bridgehead atoms.